The Hall–Kier alpha value is -1.56. The van der Waals surface area contributed by atoms with Gasteiger partial charge in [-0.1, -0.05) is 36.7 Å². The smallest absolute Gasteiger partial charge is 0.314 e. The highest BCUT2D eigenvalue weighted by Crippen LogP contribution is 2.19. The minimum atomic E-state index is -0.752. The van der Waals surface area contributed by atoms with Gasteiger partial charge in [0.15, 0.2) is 0 Å². The number of carbonyl (C=O) groups is 1. The van der Waals surface area contributed by atoms with E-state index in [0.717, 1.165) is 5.56 Å². The van der Waals surface area contributed by atoms with Crippen LogP contribution in [0.2, 0.25) is 5.02 Å². The molecule has 3 N–H and O–H groups in total. The van der Waals surface area contributed by atoms with Crippen molar-refractivity contribution in [3.8, 4) is 0 Å². The van der Waals surface area contributed by atoms with Gasteiger partial charge in [0, 0.05) is 28.9 Å². The highest BCUT2D eigenvalue weighted by molar-refractivity contribution is 7.10. The lowest BCUT2D eigenvalue weighted by Crippen LogP contribution is -2.39. The van der Waals surface area contributed by atoms with Crippen molar-refractivity contribution < 1.29 is 9.90 Å². The van der Waals surface area contributed by atoms with Crippen molar-refractivity contribution >= 4 is 29.0 Å². The molecule has 2 amide bonds. The maximum absolute atomic E-state index is 11.8. The van der Waals surface area contributed by atoms with Gasteiger partial charge in [-0.15, -0.1) is 11.3 Å². The van der Waals surface area contributed by atoms with Gasteiger partial charge in [0.2, 0.25) is 0 Å². The highest BCUT2D eigenvalue weighted by Gasteiger charge is 2.11. The van der Waals surface area contributed by atoms with Crippen LogP contribution in [0.3, 0.4) is 0 Å². The van der Waals surface area contributed by atoms with Crippen LogP contribution in [0.4, 0.5) is 4.79 Å². The van der Waals surface area contributed by atoms with Crippen LogP contribution in [0.5, 0.6) is 0 Å². The van der Waals surface area contributed by atoms with E-state index in [1.807, 2.05) is 11.4 Å². The van der Waals surface area contributed by atoms with Crippen molar-refractivity contribution in [2.24, 2.45) is 0 Å². The van der Waals surface area contributed by atoms with Crippen LogP contribution in [0.1, 0.15) is 29.4 Å². The summed E-state index contributed by atoms with van der Waals surface area (Å²) in [6.45, 7) is 2.78. The molecule has 0 aliphatic rings. The predicted molar refractivity (Wildman–Crippen MR) is 90.5 cm³/mol. The molecule has 0 saturated carbocycles. The second-order valence-corrected chi connectivity index (χ2v) is 6.49. The quantitative estimate of drug-likeness (QED) is 0.754. The fraction of sp³-hybridized carbons (Fsp3) is 0.312. The molecule has 6 heteroatoms. The largest absolute Gasteiger partial charge is 0.387 e. The van der Waals surface area contributed by atoms with Crippen molar-refractivity contribution in [1.82, 2.24) is 10.6 Å². The average molecular weight is 339 g/mol. The summed E-state index contributed by atoms with van der Waals surface area (Å²) in [5, 5.41) is 18.1. The summed E-state index contributed by atoms with van der Waals surface area (Å²) in [5.74, 6) is 0.270. The number of hydrogen-bond donors (Lipinski definition) is 3. The predicted octanol–water partition coefficient (Wildman–Crippen LogP) is 3.54. The fourth-order valence-electron chi connectivity index (χ4n) is 1.97. The van der Waals surface area contributed by atoms with E-state index in [2.05, 4.69) is 23.6 Å². The van der Waals surface area contributed by atoms with E-state index in [1.165, 1.54) is 4.88 Å². The van der Waals surface area contributed by atoms with Gasteiger partial charge in [-0.2, -0.15) is 0 Å². The number of nitrogens with one attached hydrogen (secondary N) is 2. The van der Waals surface area contributed by atoms with E-state index in [4.69, 9.17) is 11.6 Å². The SMILES string of the molecule is CC(CNC(=O)NCC(O)c1ccc(Cl)cc1)c1cccs1. The molecule has 118 valence electrons. The van der Waals surface area contributed by atoms with Crippen LogP contribution >= 0.6 is 22.9 Å². The second-order valence-electron chi connectivity index (χ2n) is 5.07. The van der Waals surface area contributed by atoms with Gasteiger partial charge in [-0.3, -0.25) is 0 Å². The zero-order valence-corrected chi connectivity index (χ0v) is 13.8. The number of aliphatic hydroxyl groups is 1. The minimum Gasteiger partial charge on any atom is -0.387 e. The zero-order valence-electron chi connectivity index (χ0n) is 12.3. The first-order valence-corrected chi connectivity index (χ1v) is 8.30. The Morgan fingerprint density at radius 1 is 1.23 bits per heavy atom. The molecule has 1 aromatic heterocycles. The standard InChI is InChI=1S/C16H19ClN2O2S/c1-11(15-3-2-8-22-15)9-18-16(21)19-10-14(20)12-4-6-13(17)7-5-12/h2-8,11,14,20H,9-10H2,1H3,(H2,18,19,21). The molecule has 0 bridgehead atoms. The van der Waals surface area contributed by atoms with Crippen molar-refractivity contribution in [2.75, 3.05) is 13.1 Å². The molecule has 2 unspecified atom stereocenters. The molecule has 2 aromatic rings. The van der Waals surface area contributed by atoms with E-state index < -0.39 is 6.10 Å². The van der Waals surface area contributed by atoms with Crippen LogP contribution in [-0.4, -0.2) is 24.2 Å². The molecule has 0 aliphatic heterocycles. The molecule has 0 saturated heterocycles. The lowest BCUT2D eigenvalue weighted by atomic mass is 10.1. The van der Waals surface area contributed by atoms with Gasteiger partial charge in [0.05, 0.1) is 6.10 Å². The first-order chi connectivity index (χ1) is 10.6. The van der Waals surface area contributed by atoms with Gasteiger partial charge in [0.25, 0.3) is 0 Å². The normalized spacial score (nSPS) is 13.4. The maximum Gasteiger partial charge on any atom is 0.314 e. The molecule has 0 spiro atoms. The van der Waals surface area contributed by atoms with E-state index in [1.54, 1.807) is 35.6 Å². The first kappa shape index (κ1) is 16.8. The summed E-state index contributed by atoms with van der Waals surface area (Å²) in [6, 6.07) is 10.7. The van der Waals surface area contributed by atoms with Crippen molar-refractivity contribution in [3.05, 3.63) is 57.2 Å². The molecule has 22 heavy (non-hydrogen) atoms. The van der Waals surface area contributed by atoms with Gasteiger partial charge in [0.1, 0.15) is 0 Å². The maximum atomic E-state index is 11.8. The number of hydrogen-bond acceptors (Lipinski definition) is 3. The molecule has 1 aromatic carbocycles. The van der Waals surface area contributed by atoms with Gasteiger partial charge in [-0.05, 0) is 29.1 Å². The van der Waals surface area contributed by atoms with Crippen molar-refractivity contribution in [2.45, 2.75) is 18.9 Å². The summed E-state index contributed by atoms with van der Waals surface area (Å²) in [4.78, 5) is 13.0. The van der Waals surface area contributed by atoms with Gasteiger partial charge < -0.3 is 15.7 Å². The number of benzene rings is 1. The van der Waals surface area contributed by atoms with Crippen LogP contribution in [-0.2, 0) is 0 Å². The van der Waals surface area contributed by atoms with Crippen molar-refractivity contribution in [3.63, 3.8) is 0 Å². The summed E-state index contributed by atoms with van der Waals surface area (Å²) in [7, 11) is 0. The topological polar surface area (TPSA) is 61.4 Å². The lowest BCUT2D eigenvalue weighted by molar-refractivity contribution is 0.173. The van der Waals surface area contributed by atoms with E-state index >= 15 is 0 Å². The third-order valence-corrected chi connectivity index (χ3v) is 4.66. The number of aliphatic hydroxyl groups excluding tert-OH is 1. The highest BCUT2D eigenvalue weighted by atomic mass is 35.5. The van der Waals surface area contributed by atoms with E-state index in [9.17, 15) is 9.90 Å². The van der Waals surface area contributed by atoms with E-state index in [0.29, 0.717) is 11.6 Å². The number of thiophene rings is 1. The number of urea groups is 1. The third kappa shape index (κ3) is 5.02. The first-order valence-electron chi connectivity index (χ1n) is 7.05. The minimum absolute atomic E-state index is 0.154. The Kier molecular flexibility index (Phi) is 6.24. The van der Waals surface area contributed by atoms with Crippen LogP contribution in [0, 0.1) is 0 Å². The Morgan fingerprint density at radius 2 is 1.91 bits per heavy atom. The lowest BCUT2D eigenvalue weighted by Gasteiger charge is -2.15. The van der Waals surface area contributed by atoms with Crippen LogP contribution in [0.25, 0.3) is 0 Å². The zero-order chi connectivity index (χ0) is 15.9. The Labute approximate surface area is 139 Å². The monoisotopic (exact) mass is 338 g/mol. The van der Waals surface area contributed by atoms with Crippen LogP contribution < -0.4 is 10.6 Å². The van der Waals surface area contributed by atoms with E-state index in [-0.39, 0.29) is 18.5 Å². The summed E-state index contributed by atoms with van der Waals surface area (Å²) < 4.78 is 0. The Balaban J connectivity index is 1.72. The summed E-state index contributed by atoms with van der Waals surface area (Å²) in [6.07, 6.45) is -0.752. The van der Waals surface area contributed by atoms with Crippen LogP contribution in [0.15, 0.2) is 41.8 Å². The summed E-state index contributed by atoms with van der Waals surface area (Å²) in [5.41, 5.74) is 0.719. The molecule has 2 rings (SSSR count). The van der Waals surface area contributed by atoms with Gasteiger partial charge >= 0.3 is 6.03 Å². The van der Waals surface area contributed by atoms with Crippen molar-refractivity contribution in [1.29, 1.82) is 0 Å². The third-order valence-electron chi connectivity index (χ3n) is 3.31. The number of rotatable bonds is 6. The summed E-state index contributed by atoms with van der Waals surface area (Å²) >= 11 is 7.47. The molecular weight excluding hydrogens is 320 g/mol. The molecular formula is C16H19ClN2O2S. The second kappa shape index (κ2) is 8.17. The molecule has 0 aliphatic carbocycles. The molecule has 1 heterocycles. The number of carbonyl (C=O) groups excluding carboxylic acids is 1. The molecule has 4 nitrogen and oxygen atoms in total. The Morgan fingerprint density at radius 3 is 2.55 bits per heavy atom. The fourth-order valence-corrected chi connectivity index (χ4v) is 2.89. The van der Waals surface area contributed by atoms with Gasteiger partial charge in [-0.25, -0.2) is 4.79 Å². The Bertz CT molecular complexity index is 587. The average Bonchev–Trinajstić information content (AvgIpc) is 3.05. The number of amides is 2. The number of halogens is 1. The molecule has 2 atom stereocenters. The molecule has 0 fully saturated rings. The molecule has 0 radical (unpaired) electrons.